The standard InChI is InChI=1S/C15H19N3O4S2/c1-5-21-12(20)9-6-7-23-11(9)16-10(19)8-24-14-18-17-13(22-14)15(2,3)4/h6-7H,5,8H2,1-4H3,(H,16,19). The van der Waals surface area contributed by atoms with Crippen LogP contribution in [-0.2, 0) is 14.9 Å². The number of amides is 1. The van der Waals surface area contributed by atoms with Crippen LogP contribution < -0.4 is 5.32 Å². The number of carbonyl (C=O) groups excluding carboxylic acids is 2. The van der Waals surface area contributed by atoms with Crippen LogP contribution in [0.25, 0.3) is 0 Å². The molecule has 1 amide bonds. The monoisotopic (exact) mass is 369 g/mol. The summed E-state index contributed by atoms with van der Waals surface area (Å²) in [6.07, 6.45) is 0. The molecule has 0 radical (unpaired) electrons. The highest BCUT2D eigenvalue weighted by Crippen LogP contribution is 2.26. The second-order valence-electron chi connectivity index (χ2n) is 5.84. The van der Waals surface area contributed by atoms with Crippen LogP contribution >= 0.6 is 23.1 Å². The number of hydrogen-bond donors (Lipinski definition) is 1. The second kappa shape index (κ2) is 7.80. The summed E-state index contributed by atoms with van der Waals surface area (Å²) in [5.74, 6) is -0.0865. The first-order valence-electron chi connectivity index (χ1n) is 7.32. The number of thiophene rings is 1. The van der Waals surface area contributed by atoms with E-state index < -0.39 is 5.97 Å². The Kier molecular flexibility index (Phi) is 6.00. The molecule has 24 heavy (non-hydrogen) atoms. The van der Waals surface area contributed by atoms with E-state index in [2.05, 4.69) is 15.5 Å². The van der Waals surface area contributed by atoms with Crippen molar-refractivity contribution in [3.05, 3.63) is 22.9 Å². The number of nitrogens with zero attached hydrogens (tertiary/aromatic N) is 2. The van der Waals surface area contributed by atoms with Crippen molar-refractivity contribution < 1.29 is 18.7 Å². The lowest BCUT2D eigenvalue weighted by molar-refractivity contribution is -0.113. The van der Waals surface area contributed by atoms with E-state index in [0.29, 0.717) is 21.7 Å². The molecule has 0 fully saturated rings. The molecule has 130 valence electrons. The Morgan fingerprint density at radius 2 is 2.12 bits per heavy atom. The van der Waals surface area contributed by atoms with Gasteiger partial charge in [0.1, 0.15) is 5.00 Å². The summed E-state index contributed by atoms with van der Waals surface area (Å²) in [7, 11) is 0. The van der Waals surface area contributed by atoms with Crippen molar-refractivity contribution in [1.82, 2.24) is 10.2 Å². The van der Waals surface area contributed by atoms with E-state index in [1.54, 1.807) is 18.4 Å². The average molecular weight is 369 g/mol. The Morgan fingerprint density at radius 1 is 1.38 bits per heavy atom. The number of nitrogens with one attached hydrogen (secondary N) is 1. The number of carbonyl (C=O) groups is 2. The molecule has 0 unspecified atom stereocenters. The van der Waals surface area contributed by atoms with Crippen molar-refractivity contribution in [2.45, 2.75) is 38.3 Å². The van der Waals surface area contributed by atoms with Crippen molar-refractivity contribution in [3.63, 3.8) is 0 Å². The third-order valence-corrected chi connectivity index (χ3v) is 4.44. The van der Waals surface area contributed by atoms with E-state index in [4.69, 9.17) is 9.15 Å². The lowest BCUT2D eigenvalue weighted by atomic mass is 9.97. The van der Waals surface area contributed by atoms with Gasteiger partial charge >= 0.3 is 5.97 Å². The molecule has 2 aromatic heterocycles. The van der Waals surface area contributed by atoms with Crippen LogP contribution in [0, 0.1) is 0 Å². The van der Waals surface area contributed by atoms with E-state index in [-0.39, 0.29) is 23.7 Å². The molecule has 1 N–H and O–H groups in total. The van der Waals surface area contributed by atoms with Gasteiger partial charge in [-0.05, 0) is 18.4 Å². The number of hydrogen-bond acceptors (Lipinski definition) is 8. The summed E-state index contributed by atoms with van der Waals surface area (Å²) in [6.45, 7) is 7.92. The zero-order valence-corrected chi connectivity index (χ0v) is 15.5. The molecule has 0 spiro atoms. The van der Waals surface area contributed by atoms with Crippen LogP contribution in [0.5, 0.6) is 0 Å². The molecule has 2 rings (SSSR count). The molecule has 0 aliphatic carbocycles. The Labute approximate surface area is 148 Å². The van der Waals surface area contributed by atoms with Crippen molar-refractivity contribution in [2.24, 2.45) is 0 Å². The Balaban J connectivity index is 1.91. The predicted molar refractivity (Wildman–Crippen MR) is 92.6 cm³/mol. The van der Waals surface area contributed by atoms with Gasteiger partial charge in [0.05, 0.1) is 17.9 Å². The summed E-state index contributed by atoms with van der Waals surface area (Å²) in [4.78, 5) is 23.8. The Hall–Kier alpha value is -1.87. The molecular weight excluding hydrogens is 350 g/mol. The summed E-state index contributed by atoms with van der Waals surface area (Å²) in [5.41, 5.74) is 0.118. The smallest absolute Gasteiger partial charge is 0.341 e. The molecule has 0 saturated carbocycles. The van der Waals surface area contributed by atoms with Gasteiger partial charge in [0.2, 0.25) is 11.8 Å². The summed E-state index contributed by atoms with van der Waals surface area (Å²) < 4.78 is 10.5. The predicted octanol–water partition coefficient (Wildman–Crippen LogP) is 3.34. The fraction of sp³-hybridized carbons (Fsp3) is 0.467. The van der Waals surface area contributed by atoms with Gasteiger partial charge in [0, 0.05) is 5.41 Å². The van der Waals surface area contributed by atoms with E-state index >= 15 is 0 Å². The van der Waals surface area contributed by atoms with Gasteiger partial charge in [-0.15, -0.1) is 21.5 Å². The van der Waals surface area contributed by atoms with Crippen LogP contribution in [-0.4, -0.2) is 34.4 Å². The van der Waals surface area contributed by atoms with Crippen LogP contribution in [0.2, 0.25) is 0 Å². The second-order valence-corrected chi connectivity index (χ2v) is 7.69. The lowest BCUT2D eigenvalue weighted by Gasteiger charge is -2.10. The first-order chi connectivity index (χ1) is 11.3. The molecule has 0 saturated heterocycles. The molecule has 9 heteroatoms. The third-order valence-electron chi connectivity index (χ3n) is 2.79. The third kappa shape index (κ3) is 4.81. The molecule has 2 heterocycles. The van der Waals surface area contributed by atoms with E-state index in [9.17, 15) is 9.59 Å². The molecule has 0 aromatic carbocycles. The highest BCUT2D eigenvalue weighted by molar-refractivity contribution is 7.99. The number of ether oxygens (including phenoxy) is 1. The highest BCUT2D eigenvalue weighted by Gasteiger charge is 2.22. The van der Waals surface area contributed by atoms with Crippen LogP contribution in [0.4, 0.5) is 5.00 Å². The maximum absolute atomic E-state index is 12.1. The van der Waals surface area contributed by atoms with Gasteiger partial charge in [0.25, 0.3) is 5.22 Å². The fourth-order valence-corrected chi connectivity index (χ4v) is 2.99. The minimum Gasteiger partial charge on any atom is -0.462 e. The summed E-state index contributed by atoms with van der Waals surface area (Å²) in [5, 5.41) is 13.1. The van der Waals surface area contributed by atoms with E-state index in [1.807, 2.05) is 20.8 Å². The first kappa shape index (κ1) is 18.5. The molecule has 0 bridgehead atoms. The normalized spacial score (nSPS) is 11.3. The topological polar surface area (TPSA) is 94.3 Å². The van der Waals surface area contributed by atoms with Gasteiger partial charge in [-0.2, -0.15) is 0 Å². The zero-order valence-electron chi connectivity index (χ0n) is 13.9. The molecule has 0 atom stereocenters. The first-order valence-corrected chi connectivity index (χ1v) is 9.19. The number of anilines is 1. The maximum atomic E-state index is 12.1. The Bertz CT molecular complexity index is 718. The van der Waals surface area contributed by atoms with Crippen molar-refractivity contribution >= 4 is 40.0 Å². The number of aromatic nitrogens is 2. The fourth-order valence-electron chi connectivity index (χ4n) is 1.64. The molecule has 2 aromatic rings. The summed E-state index contributed by atoms with van der Waals surface area (Å²) in [6, 6.07) is 1.62. The summed E-state index contributed by atoms with van der Waals surface area (Å²) >= 11 is 2.42. The minimum absolute atomic E-state index is 0.103. The number of thioether (sulfide) groups is 1. The maximum Gasteiger partial charge on any atom is 0.341 e. The lowest BCUT2D eigenvalue weighted by Crippen LogP contribution is -2.16. The van der Waals surface area contributed by atoms with Crippen molar-refractivity contribution in [3.8, 4) is 0 Å². The largest absolute Gasteiger partial charge is 0.462 e. The minimum atomic E-state index is -0.451. The highest BCUT2D eigenvalue weighted by atomic mass is 32.2. The molecule has 0 aliphatic rings. The van der Waals surface area contributed by atoms with Gasteiger partial charge in [-0.25, -0.2) is 4.79 Å². The van der Waals surface area contributed by atoms with Gasteiger partial charge in [0.15, 0.2) is 0 Å². The van der Waals surface area contributed by atoms with Gasteiger partial charge in [-0.3, -0.25) is 4.79 Å². The SMILES string of the molecule is CCOC(=O)c1ccsc1NC(=O)CSc1nnc(C(C)(C)C)o1. The van der Waals surface area contributed by atoms with Gasteiger partial charge in [-0.1, -0.05) is 32.5 Å². The van der Waals surface area contributed by atoms with Crippen LogP contribution in [0.3, 0.4) is 0 Å². The Morgan fingerprint density at radius 3 is 2.75 bits per heavy atom. The quantitative estimate of drug-likeness (QED) is 0.616. The molecule has 0 aliphatic heterocycles. The van der Waals surface area contributed by atoms with Crippen molar-refractivity contribution in [2.75, 3.05) is 17.7 Å². The van der Waals surface area contributed by atoms with Gasteiger partial charge < -0.3 is 14.5 Å². The average Bonchev–Trinajstić information content (AvgIpc) is 3.13. The van der Waals surface area contributed by atoms with E-state index in [1.165, 1.54) is 11.3 Å². The van der Waals surface area contributed by atoms with E-state index in [0.717, 1.165) is 11.8 Å². The van der Waals surface area contributed by atoms with Crippen LogP contribution in [0.1, 0.15) is 43.9 Å². The zero-order chi connectivity index (χ0) is 17.7. The number of esters is 1. The van der Waals surface area contributed by atoms with Crippen LogP contribution in [0.15, 0.2) is 21.1 Å². The molecule has 7 nitrogen and oxygen atoms in total. The molecular formula is C15H19N3O4S2. The van der Waals surface area contributed by atoms with Crippen molar-refractivity contribution in [1.29, 1.82) is 0 Å². The number of rotatable bonds is 6.